The van der Waals surface area contributed by atoms with E-state index in [1.807, 2.05) is 0 Å². The molecule has 4 N–H and O–H groups in total. The van der Waals surface area contributed by atoms with Crippen LogP contribution in [0.25, 0.3) is 0 Å². The van der Waals surface area contributed by atoms with Gasteiger partial charge in [-0.05, 0) is 12.8 Å². The lowest BCUT2D eigenvalue weighted by Gasteiger charge is -2.21. The van der Waals surface area contributed by atoms with E-state index in [1.54, 1.807) is 0 Å². The van der Waals surface area contributed by atoms with Crippen LogP contribution in [0.3, 0.4) is 0 Å². The molecule has 2 rings (SSSR count). The van der Waals surface area contributed by atoms with Gasteiger partial charge in [-0.25, -0.2) is 10.8 Å². The quantitative estimate of drug-likeness (QED) is 0.242. The Hall–Kier alpha value is -0.850. The number of rotatable bonds is 3. The van der Waals surface area contributed by atoms with Gasteiger partial charge in [0, 0.05) is 6.04 Å². The number of aliphatic imine (C=N–C) groups is 1. The second-order valence-electron chi connectivity index (χ2n) is 3.82. The van der Waals surface area contributed by atoms with Gasteiger partial charge in [-0.2, -0.15) is 0 Å². The molecule has 1 aliphatic heterocycles. The lowest BCUT2D eigenvalue weighted by molar-refractivity contribution is -0.0832. The van der Waals surface area contributed by atoms with E-state index in [9.17, 15) is 0 Å². The van der Waals surface area contributed by atoms with Crippen LogP contribution in [0, 0.1) is 0 Å². The summed E-state index contributed by atoms with van der Waals surface area (Å²) < 4.78 is 10.7. The molecule has 6 nitrogen and oxygen atoms in total. The van der Waals surface area contributed by atoms with E-state index in [-0.39, 0.29) is 6.10 Å². The molecule has 0 radical (unpaired) electrons. The molecule has 0 aromatic rings. The third kappa shape index (κ3) is 3.65. The van der Waals surface area contributed by atoms with Gasteiger partial charge in [-0.1, -0.05) is 0 Å². The minimum Gasteiger partial charge on any atom is -0.376 e. The maximum absolute atomic E-state index is 5.46. The summed E-state index contributed by atoms with van der Waals surface area (Å²) in [7, 11) is 0. The SMILES string of the molecule is NNC(=NCC1COCCO1)NC1CC1. The number of nitrogens with one attached hydrogen (secondary N) is 2. The van der Waals surface area contributed by atoms with Crippen LogP contribution in [-0.4, -0.2) is 44.5 Å². The molecule has 6 heteroatoms. The van der Waals surface area contributed by atoms with Crippen molar-refractivity contribution in [2.24, 2.45) is 10.8 Å². The van der Waals surface area contributed by atoms with Gasteiger partial charge in [0.05, 0.1) is 26.4 Å². The summed E-state index contributed by atoms with van der Waals surface area (Å²) in [6.45, 7) is 2.54. The van der Waals surface area contributed by atoms with E-state index >= 15 is 0 Å². The van der Waals surface area contributed by atoms with Crippen molar-refractivity contribution in [3.8, 4) is 0 Å². The number of hydrazine groups is 1. The molecular weight excluding hydrogens is 196 g/mol. The normalized spacial score (nSPS) is 27.5. The Morgan fingerprint density at radius 1 is 1.40 bits per heavy atom. The third-order valence-corrected chi connectivity index (χ3v) is 2.39. The molecule has 1 saturated heterocycles. The third-order valence-electron chi connectivity index (χ3n) is 2.39. The summed E-state index contributed by atoms with van der Waals surface area (Å²) in [5.74, 6) is 5.99. The maximum Gasteiger partial charge on any atom is 0.206 e. The van der Waals surface area contributed by atoms with Crippen molar-refractivity contribution >= 4 is 5.96 Å². The van der Waals surface area contributed by atoms with Gasteiger partial charge in [0.25, 0.3) is 0 Å². The number of ether oxygens (including phenoxy) is 2. The van der Waals surface area contributed by atoms with E-state index in [4.69, 9.17) is 15.3 Å². The van der Waals surface area contributed by atoms with Crippen LogP contribution in [0.1, 0.15) is 12.8 Å². The summed E-state index contributed by atoms with van der Waals surface area (Å²) in [4.78, 5) is 4.31. The number of nitrogens with zero attached hydrogens (tertiary/aromatic N) is 1. The van der Waals surface area contributed by atoms with Crippen molar-refractivity contribution in [2.45, 2.75) is 25.0 Å². The molecule has 0 aromatic carbocycles. The zero-order valence-corrected chi connectivity index (χ0v) is 8.74. The Kier molecular flexibility index (Phi) is 3.76. The van der Waals surface area contributed by atoms with Crippen LogP contribution in [0.5, 0.6) is 0 Å². The molecule has 0 bridgehead atoms. The smallest absolute Gasteiger partial charge is 0.206 e. The maximum atomic E-state index is 5.46. The molecule has 2 aliphatic rings. The van der Waals surface area contributed by atoms with Crippen molar-refractivity contribution in [3.63, 3.8) is 0 Å². The second-order valence-corrected chi connectivity index (χ2v) is 3.82. The van der Waals surface area contributed by atoms with Gasteiger partial charge in [-0.3, -0.25) is 5.43 Å². The minimum absolute atomic E-state index is 0.0584. The zero-order chi connectivity index (χ0) is 10.5. The molecule has 86 valence electrons. The molecule has 1 aliphatic carbocycles. The monoisotopic (exact) mass is 214 g/mol. The van der Waals surface area contributed by atoms with Crippen molar-refractivity contribution in [1.82, 2.24) is 10.7 Å². The Morgan fingerprint density at radius 3 is 2.87 bits per heavy atom. The summed E-state index contributed by atoms with van der Waals surface area (Å²) in [5.41, 5.74) is 2.56. The van der Waals surface area contributed by atoms with Crippen LogP contribution < -0.4 is 16.6 Å². The Morgan fingerprint density at radius 2 is 2.27 bits per heavy atom. The number of guanidine groups is 1. The van der Waals surface area contributed by atoms with Crippen LogP contribution in [0.4, 0.5) is 0 Å². The van der Waals surface area contributed by atoms with Crippen LogP contribution in [0.2, 0.25) is 0 Å². The van der Waals surface area contributed by atoms with Gasteiger partial charge in [-0.15, -0.1) is 0 Å². The summed E-state index contributed by atoms with van der Waals surface area (Å²) in [6.07, 6.45) is 2.45. The first-order valence-corrected chi connectivity index (χ1v) is 5.35. The average molecular weight is 214 g/mol. The summed E-state index contributed by atoms with van der Waals surface area (Å²) in [6, 6.07) is 0.545. The highest BCUT2D eigenvalue weighted by Crippen LogP contribution is 2.18. The first kappa shape index (κ1) is 10.7. The number of hydrogen-bond acceptors (Lipinski definition) is 4. The van der Waals surface area contributed by atoms with Gasteiger partial charge >= 0.3 is 0 Å². The number of hydrogen-bond donors (Lipinski definition) is 3. The Balaban J connectivity index is 1.73. The fraction of sp³-hybridized carbons (Fsp3) is 0.889. The van der Waals surface area contributed by atoms with Crippen molar-refractivity contribution in [1.29, 1.82) is 0 Å². The first-order chi connectivity index (χ1) is 7.38. The first-order valence-electron chi connectivity index (χ1n) is 5.35. The largest absolute Gasteiger partial charge is 0.376 e. The van der Waals surface area contributed by atoms with Gasteiger partial charge in [0.1, 0.15) is 6.10 Å². The molecule has 0 spiro atoms. The van der Waals surface area contributed by atoms with E-state index in [1.165, 1.54) is 12.8 Å². The molecular formula is C9H18N4O2. The van der Waals surface area contributed by atoms with Gasteiger partial charge in [0.2, 0.25) is 5.96 Å². The van der Waals surface area contributed by atoms with E-state index < -0.39 is 0 Å². The number of nitrogens with two attached hydrogens (primary N) is 1. The highest BCUT2D eigenvalue weighted by atomic mass is 16.6. The minimum atomic E-state index is 0.0584. The fourth-order valence-electron chi connectivity index (χ4n) is 1.39. The lowest BCUT2D eigenvalue weighted by Crippen LogP contribution is -2.43. The molecule has 1 atom stereocenters. The molecule has 15 heavy (non-hydrogen) atoms. The summed E-state index contributed by atoms with van der Waals surface area (Å²) >= 11 is 0. The highest BCUT2D eigenvalue weighted by molar-refractivity contribution is 5.79. The molecule has 1 heterocycles. The standard InChI is InChI=1S/C9H18N4O2/c10-13-9(12-7-1-2-7)11-5-8-6-14-3-4-15-8/h7-8H,1-6,10H2,(H2,11,12,13). The topological polar surface area (TPSA) is 80.9 Å². The van der Waals surface area contributed by atoms with Crippen molar-refractivity contribution < 1.29 is 9.47 Å². The summed E-state index contributed by atoms with van der Waals surface area (Å²) in [5, 5.41) is 3.20. The molecule has 1 unspecified atom stereocenters. The van der Waals surface area contributed by atoms with E-state index in [0.717, 1.165) is 0 Å². The van der Waals surface area contributed by atoms with Crippen molar-refractivity contribution in [2.75, 3.05) is 26.4 Å². The van der Waals surface area contributed by atoms with Crippen LogP contribution in [0.15, 0.2) is 4.99 Å². The second kappa shape index (κ2) is 5.29. The predicted octanol–water partition coefficient (Wildman–Crippen LogP) is -1.03. The Labute approximate surface area is 89.2 Å². The predicted molar refractivity (Wildman–Crippen MR) is 56.3 cm³/mol. The molecule has 2 fully saturated rings. The highest BCUT2D eigenvalue weighted by Gasteiger charge is 2.22. The van der Waals surface area contributed by atoms with Crippen LogP contribution in [-0.2, 0) is 9.47 Å². The fourth-order valence-corrected chi connectivity index (χ4v) is 1.39. The molecule has 1 saturated carbocycles. The van der Waals surface area contributed by atoms with Crippen molar-refractivity contribution in [3.05, 3.63) is 0 Å². The van der Waals surface area contributed by atoms with Crippen LogP contribution >= 0.6 is 0 Å². The van der Waals surface area contributed by atoms with E-state index in [2.05, 4.69) is 15.7 Å². The molecule has 0 amide bonds. The van der Waals surface area contributed by atoms with Gasteiger partial charge < -0.3 is 14.8 Å². The van der Waals surface area contributed by atoms with E-state index in [0.29, 0.717) is 38.4 Å². The average Bonchev–Trinajstić information content (AvgIpc) is 3.09. The van der Waals surface area contributed by atoms with Gasteiger partial charge in [0.15, 0.2) is 0 Å². The molecule has 0 aromatic heterocycles. The zero-order valence-electron chi connectivity index (χ0n) is 8.74. The Bertz CT molecular complexity index is 224. The lowest BCUT2D eigenvalue weighted by atomic mass is 10.3.